The first-order valence-corrected chi connectivity index (χ1v) is 10.6. The van der Waals surface area contributed by atoms with E-state index in [0.717, 1.165) is 16.8 Å². The molecule has 0 saturated heterocycles. The summed E-state index contributed by atoms with van der Waals surface area (Å²) in [6, 6.07) is 9.40. The smallest absolute Gasteiger partial charge is 0.338 e. The topological polar surface area (TPSA) is 92.8 Å². The standard InChI is InChI=1S/C20H20N2O5S/c1-2-27-20(24)13-3-6-16(7-4-13)21-28(25,26)17-11-14-5-8-18(23)22-10-9-15(12-17)19(14)22/h3-4,6-7,11-12,21H,2,5,8-10H2,1H3. The van der Waals surface area contributed by atoms with E-state index < -0.39 is 16.0 Å². The zero-order valence-electron chi connectivity index (χ0n) is 15.4. The summed E-state index contributed by atoms with van der Waals surface area (Å²) in [5, 5.41) is 0. The lowest BCUT2D eigenvalue weighted by Crippen LogP contribution is -2.33. The van der Waals surface area contributed by atoms with Gasteiger partial charge in [-0.1, -0.05) is 0 Å². The van der Waals surface area contributed by atoms with Gasteiger partial charge in [0, 0.05) is 18.7 Å². The maximum atomic E-state index is 12.9. The van der Waals surface area contributed by atoms with Gasteiger partial charge in [0.1, 0.15) is 0 Å². The van der Waals surface area contributed by atoms with Crippen LogP contribution in [0.1, 0.15) is 34.8 Å². The van der Waals surface area contributed by atoms with Gasteiger partial charge in [-0.3, -0.25) is 9.52 Å². The second kappa shape index (κ2) is 6.94. The molecule has 1 amide bonds. The molecular weight excluding hydrogens is 380 g/mol. The lowest BCUT2D eigenvalue weighted by Gasteiger charge is -2.25. The van der Waals surface area contributed by atoms with Crippen molar-refractivity contribution in [3.63, 3.8) is 0 Å². The van der Waals surface area contributed by atoms with Crippen LogP contribution in [0.2, 0.25) is 0 Å². The van der Waals surface area contributed by atoms with E-state index in [1.807, 2.05) is 0 Å². The van der Waals surface area contributed by atoms with E-state index in [1.54, 1.807) is 24.0 Å². The van der Waals surface area contributed by atoms with Gasteiger partial charge in [-0.2, -0.15) is 0 Å². The lowest BCUT2D eigenvalue weighted by molar-refractivity contribution is -0.118. The van der Waals surface area contributed by atoms with Crippen molar-refractivity contribution < 1.29 is 22.7 Å². The molecule has 1 N–H and O–H groups in total. The highest BCUT2D eigenvalue weighted by Crippen LogP contribution is 2.38. The molecule has 0 spiro atoms. The second-order valence-corrected chi connectivity index (χ2v) is 8.47. The Hall–Kier alpha value is -2.87. The third-order valence-corrected chi connectivity index (χ3v) is 6.34. The second-order valence-electron chi connectivity index (χ2n) is 6.79. The number of hydrogen-bond donors (Lipinski definition) is 1. The number of ether oxygens (including phenoxy) is 1. The minimum atomic E-state index is -3.79. The van der Waals surface area contributed by atoms with Crippen molar-refractivity contribution in [2.75, 3.05) is 22.8 Å². The van der Waals surface area contributed by atoms with E-state index >= 15 is 0 Å². The van der Waals surface area contributed by atoms with Gasteiger partial charge in [0.2, 0.25) is 5.91 Å². The van der Waals surface area contributed by atoms with Gasteiger partial charge in [0.05, 0.1) is 22.8 Å². The number of carbonyl (C=O) groups excluding carboxylic acids is 2. The zero-order valence-corrected chi connectivity index (χ0v) is 16.2. The fourth-order valence-electron chi connectivity index (χ4n) is 3.68. The molecule has 2 aliphatic rings. The Morgan fingerprint density at radius 3 is 2.46 bits per heavy atom. The van der Waals surface area contributed by atoms with Crippen LogP contribution in [-0.4, -0.2) is 33.4 Å². The van der Waals surface area contributed by atoms with Crippen molar-refractivity contribution in [1.29, 1.82) is 0 Å². The number of sulfonamides is 1. The molecule has 28 heavy (non-hydrogen) atoms. The summed E-state index contributed by atoms with van der Waals surface area (Å²) in [7, 11) is -3.79. The number of anilines is 2. The highest BCUT2D eigenvalue weighted by atomic mass is 32.2. The summed E-state index contributed by atoms with van der Waals surface area (Å²) in [6.45, 7) is 2.60. The monoisotopic (exact) mass is 400 g/mol. The van der Waals surface area contributed by atoms with Crippen LogP contribution < -0.4 is 9.62 Å². The fraction of sp³-hybridized carbons (Fsp3) is 0.300. The Labute approximate surface area is 163 Å². The van der Waals surface area contributed by atoms with Gasteiger partial charge < -0.3 is 9.64 Å². The summed E-state index contributed by atoms with van der Waals surface area (Å²) < 4.78 is 33.2. The van der Waals surface area contributed by atoms with Gasteiger partial charge in [-0.05, 0) is 67.3 Å². The average molecular weight is 400 g/mol. The molecule has 4 rings (SSSR count). The molecule has 0 bridgehead atoms. The van der Waals surface area contributed by atoms with Crippen molar-refractivity contribution in [2.45, 2.75) is 31.1 Å². The van der Waals surface area contributed by atoms with Crippen LogP contribution in [0.15, 0.2) is 41.3 Å². The predicted octanol–water partition coefficient (Wildman–Crippen LogP) is 2.50. The Morgan fingerprint density at radius 2 is 1.79 bits per heavy atom. The fourth-order valence-corrected chi connectivity index (χ4v) is 4.84. The summed E-state index contributed by atoms with van der Waals surface area (Å²) in [5.74, 6) is -0.351. The number of aryl methyl sites for hydroxylation is 1. The SMILES string of the molecule is CCOC(=O)c1ccc(NS(=O)(=O)c2cc3c4c(c2)CCN4C(=O)CC3)cc1. The number of hydrogen-bond acceptors (Lipinski definition) is 5. The molecular formula is C20H20N2O5S. The van der Waals surface area contributed by atoms with Gasteiger partial charge in [0.15, 0.2) is 0 Å². The van der Waals surface area contributed by atoms with Gasteiger partial charge in [-0.15, -0.1) is 0 Å². The highest BCUT2D eigenvalue weighted by molar-refractivity contribution is 7.92. The molecule has 8 heteroatoms. The molecule has 146 valence electrons. The predicted molar refractivity (Wildman–Crippen MR) is 104 cm³/mol. The van der Waals surface area contributed by atoms with Crippen LogP contribution in [0.4, 0.5) is 11.4 Å². The van der Waals surface area contributed by atoms with E-state index in [-0.39, 0.29) is 17.4 Å². The third kappa shape index (κ3) is 3.24. The summed E-state index contributed by atoms with van der Waals surface area (Å²) >= 11 is 0. The van der Waals surface area contributed by atoms with Crippen LogP contribution in [0.5, 0.6) is 0 Å². The molecule has 2 aromatic rings. The van der Waals surface area contributed by atoms with Gasteiger partial charge in [0.25, 0.3) is 10.0 Å². The maximum Gasteiger partial charge on any atom is 0.338 e. The minimum absolute atomic E-state index is 0.0988. The Morgan fingerprint density at radius 1 is 1.11 bits per heavy atom. The van der Waals surface area contributed by atoms with Crippen LogP contribution in [0, 0.1) is 0 Å². The summed E-state index contributed by atoms with van der Waals surface area (Å²) in [6.07, 6.45) is 1.61. The molecule has 0 fully saturated rings. The largest absolute Gasteiger partial charge is 0.462 e. The molecule has 0 radical (unpaired) electrons. The van der Waals surface area contributed by atoms with Crippen LogP contribution >= 0.6 is 0 Å². The molecule has 0 atom stereocenters. The number of rotatable bonds is 5. The van der Waals surface area contributed by atoms with Crippen molar-refractivity contribution in [2.24, 2.45) is 0 Å². The van der Waals surface area contributed by atoms with Crippen LogP contribution in [0.3, 0.4) is 0 Å². The number of amides is 1. The molecule has 7 nitrogen and oxygen atoms in total. The van der Waals surface area contributed by atoms with E-state index in [4.69, 9.17) is 4.74 Å². The van der Waals surface area contributed by atoms with E-state index in [9.17, 15) is 18.0 Å². The zero-order chi connectivity index (χ0) is 19.9. The van der Waals surface area contributed by atoms with Crippen molar-refractivity contribution in [3.8, 4) is 0 Å². The molecule has 0 saturated carbocycles. The molecule has 0 unspecified atom stereocenters. The minimum Gasteiger partial charge on any atom is -0.462 e. The first-order valence-electron chi connectivity index (χ1n) is 9.15. The lowest BCUT2D eigenvalue weighted by atomic mass is 10.00. The first kappa shape index (κ1) is 18.5. The molecule has 0 aromatic heterocycles. The van der Waals surface area contributed by atoms with Crippen molar-refractivity contribution in [1.82, 2.24) is 0 Å². The van der Waals surface area contributed by atoms with E-state index in [1.165, 1.54) is 24.3 Å². The van der Waals surface area contributed by atoms with Gasteiger partial charge >= 0.3 is 5.97 Å². The Kier molecular flexibility index (Phi) is 4.58. The molecule has 2 heterocycles. The van der Waals surface area contributed by atoms with Crippen LogP contribution in [0.25, 0.3) is 0 Å². The quantitative estimate of drug-likeness (QED) is 0.779. The highest BCUT2D eigenvalue weighted by Gasteiger charge is 2.32. The van der Waals surface area contributed by atoms with Crippen molar-refractivity contribution in [3.05, 3.63) is 53.1 Å². The maximum absolute atomic E-state index is 12.9. The van der Waals surface area contributed by atoms with E-state index in [2.05, 4.69) is 4.72 Å². The summed E-state index contributed by atoms with van der Waals surface area (Å²) in [4.78, 5) is 25.7. The number of nitrogens with zero attached hydrogens (tertiary/aromatic N) is 1. The average Bonchev–Trinajstić information content (AvgIpc) is 3.10. The molecule has 2 aliphatic heterocycles. The molecule has 2 aromatic carbocycles. The number of esters is 1. The Balaban J connectivity index is 1.60. The van der Waals surface area contributed by atoms with Crippen LogP contribution in [-0.2, 0) is 32.4 Å². The normalized spacial score (nSPS) is 15.3. The first-order chi connectivity index (χ1) is 13.4. The number of nitrogens with one attached hydrogen (secondary N) is 1. The Bertz CT molecular complexity index is 1060. The third-order valence-electron chi connectivity index (χ3n) is 4.98. The molecule has 0 aliphatic carbocycles. The van der Waals surface area contributed by atoms with Gasteiger partial charge in [-0.25, -0.2) is 13.2 Å². The number of benzene rings is 2. The number of carbonyl (C=O) groups is 2. The van der Waals surface area contributed by atoms with E-state index in [0.29, 0.717) is 37.1 Å². The van der Waals surface area contributed by atoms with Crippen molar-refractivity contribution >= 4 is 33.3 Å². The summed E-state index contributed by atoms with van der Waals surface area (Å²) in [5.41, 5.74) is 3.39.